The van der Waals surface area contributed by atoms with E-state index in [0.717, 1.165) is 32.9 Å². The third-order valence-corrected chi connectivity index (χ3v) is 4.49. The molecule has 0 saturated carbocycles. The van der Waals surface area contributed by atoms with E-state index in [0.29, 0.717) is 6.42 Å². The van der Waals surface area contributed by atoms with E-state index in [1.807, 2.05) is 60.8 Å². The van der Waals surface area contributed by atoms with Gasteiger partial charge in [0.05, 0.1) is 17.8 Å². The van der Waals surface area contributed by atoms with Crippen molar-refractivity contribution in [3.05, 3.63) is 78.1 Å². The number of para-hydroxylation sites is 2. The summed E-state index contributed by atoms with van der Waals surface area (Å²) in [4.78, 5) is 19.8. The Morgan fingerprint density at radius 1 is 1.19 bits per heavy atom. The third kappa shape index (κ3) is 3.56. The number of carbonyl (C=O) groups excluding carboxylic acids is 1. The minimum Gasteiger partial charge on any atom is -0.361 e. The molecule has 2 aromatic heterocycles. The quantitative estimate of drug-likeness (QED) is 0.378. The number of nitrogens with two attached hydrogens (primary N) is 1. The summed E-state index contributed by atoms with van der Waals surface area (Å²) >= 11 is 0. The van der Waals surface area contributed by atoms with Gasteiger partial charge < -0.3 is 10.7 Å². The maximum Gasteiger partial charge on any atom is 0.257 e. The summed E-state index contributed by atoms with van der Waals surface area (Å²) in [6, 6.07) is 16.9. The average Bonchev–Trinajstić information content (AvgIpc) is 3.11. The zero-order valence-corrected chi connectivity index (χ0v) is 14.6. The van der Waals surface area contributed by atoms with Gasteiger partial charge in [-0.25, -0.2) is 5.43 Å². The van der Waals surface area contributed by atoms with Crippen molar-refractivity contribution < 1.29 is 4.79 Å². The number of aromatic nitrogens is 2. The van der Waals surface area contributed by atoms with Crippen LogP contribution in [0.5, 0.6) is 0 Å². The molecule has 0 fully saturated rings. The van der Waals surface area contributed by atoms with E-state index in [-0.39, 0.29) is 5.91 Å². The van der Waals surface area contributed by atoms with Crippen LogP contribution >= 0.6 is 0 Å². The van der Waals surface area contributed by atoms with Crippen LogP contribution in [0.3, 0.4) is 0 Å². The lowest BCUT2D eigenvalue weighted by atomic mass is 10.1. The van der Waals surface area contributed by atoms with E-state index in [4.69, 9.17) is 5.73 Å². The average molecular weight is 357 g/mol. The lowest BCUT2D eigenvalue weighted by molar-refractivity contribution is -0.122. The van der Waals surface area contributed by atoms with Crippen molar-refractivity contribution in [2.45, 2.75) is 12.5 Å². The van der Waals surface area contributed by atoms with Gasteiger partial charge in [-0.15, -0.1) is 0 Å². The highest BCUT2D eigenvalue weighted by atomic mass is 16.2. The molecule has 0 bridgehead atoms. The van der Waals surface area contributed by atoms with Crippen LogP contribution in [0.2, 0.25) is 0 Å². The zero-order valence-electron chi connectivity index (χ0n) is 14.6. The van der Waals surface area contributed by atoms with Crippen molar-refractivity contribution in [1.29, 1.82) is 0 Å². The minimum absolute atomic E-state index is 0.329. The number of aromatic amines is 1. The number of H-pyrrole nitrogens is 1. The maximum atomic E-state index is 12.3. The molecule has 0 aliphatic heterocycles. The summed E-state index contributed by atoms with van der Waals surface area (Å²) in [5.74, 6) is -0.329. The molecule has 4 rings (SSSR count). The molecule has 0 aliphatic carbocycles. The van der Waals surface area contributed by atoms with E-state index in [9.17, 15) is 4.79 Å². The molecule has 0 aliphatic rings. The summed E-state index contributed by atoms with van der Waals surface area (Å²) < 4.78 is 0. The van der Waals surface area contributed by atoms with Gasteiger partial charge in [0, 0.05) is 34.2 Å². The summed E-state index contributed by atoms with van der Waals surface area (Å²) in [5.41, 5.74) is 12.3. The van der Waals surface area contributed by atoms with Crippen molar-refractivity contribution in [2.75, 3.05) is 0 Å². The number of hydrogen-bond donors (Lipinski definition) is 3. The molecular formula is C21H19N5O. The number of carbonyl (C=O) groups is 1. The molecule has 0 spiro atoms. The predicted octanol–water partition coefficient (Wildman–Crippen LogP) is 2.74. The number of hydrazone groups is 1. The van der Waals surface area contributed by atoms with Crippen molar-refractivity contribution in [1.82, 2.24) is 15.4 Å². The number of pyridine rings is 1. The first-order valence-electron chi connectivity index (χ1n) is 8.69. The number of benzene rings is 2. The van der Waals surface area contributed by atoms with Gasteiger partial charge in [0.2, 0.25) is 0 Å². The van der Waals surface area contributed by atoms with Gasteiger partial charge in [0.1, 0.15) is 0 Å². The van der Waals surface area contributed by atoms with Crippen LogP contribution in [0.4, 0.5) is 0 Å². The second-order valence-corrected chi connectivity index (χ2v) is 6.33. The molecule has 0 radical (unpaired) electrons. The highest BCUT2D eigenvalue weighted by Gasteiger charge is 2.15. The Hall–Kier alpha value is -3.51. The number of nitrogens with one attached hydrogen (secondary N) is 2. The van der Waals surface area contributed by atoms with Gasteiger partial charge in [-0.1, -0.05) is 42.5 Å². The van der Waals surface area contributed by atoms with Crippen molar-refractivity contribution in [3.8, 4) is 0 Å². The molecule has 2 heterocycles. The lowest BCUT2D eigenvalue weighted by Gasteiger charge is -2.09. The Bertz CT molecular complexity index is 1130. The van der Waals surface area contributed by atoms with Crippen molar-refractivity contribution >= 4 is 33.9 Å². The standard InChI is InChI=1S/C21H19N5O/c22-18(11-16-12-24-19-9-2-1-8-17(16)19)21(27)26-25-13-15-6-3-5-14-7-4-10-23-20(14)15/h1-10,12-13,18,24H,11,22H2,(H,26,27). The molecule has 134 valence electrons. The monoisotopic (exact) mass is 357 g/mol. The number of fused-ring (bicyclic) bond motifs is 2. The zero-order chi connectivity index (χ0) is 18.6. The first kappa shape index (κ1) is 16.9. The van der Waals surface area contributed by atoms with E-state index in [2.05, 4.69) is 20.5 Å². The summed E-state index contributed by atoms with van der Waals surface area (Å²) in [5, 5.41) is 6.14. The molecule has 27 heavy (non-hydrogen) atoms. The fraction of sp³-hybridized carbons (Fsp3) is 0.0952. The fourth-order valence-corrected chi connectivity index (χ4v) is 3.11. The summed E-state index contributed by atoms with van der Waals surface area (Å²) in [7, 11) is 0. The van der Waals surface area contributed by atoms with Gasteiger partial charge >= 0.3 is 0 Å². The van der Waals surface area contributed by atoms with Gasteiger partial charge in [-0.2, -0.15) is 5.10 Å². The first-order valence-corrected chi connectivity index (χ1v) is 8.69. The number of amides is 1. The Balaban J connectivity index is 1.43. The molecule has 2 aromatic carbocycles. The topological polar surface area (TPSA) is 96.2 Å². The smallest absolute Gasteiger partial charge is 0.257 e. The summed E-state index contributed by atoms with van der Waals surface area (Å²) in [6.07, 6.45) is 5.64. The van der Waals surface area contributed by atoms with Crippen LogP contribution in [0.15, 0.2) is 72.1 Å². The number of hydrogen-bond acceptors (Lipinski definition) is 4. The molecule has 6 heteroatoms. The van der Waals surface area contributed by atoms with Gasteiger partial charge in [-0.3, -0.25) is 9.78 Å². The van der Waals surface area contributed by atoms with E-state index >= 15 is 0 Å². The van der Waals surface area contributed by atoms with Crippen molar-refractivity contribution in [2.24, 2.45) is 10.8 Å². The van der Waals surface area contributed by atoms with Crippen LogP contribution in [0.1, 0.15) is 11.1 Å². The minimum atomic E-state index is -0.688. The Labute approximate surface area is 156 Å². The molecule has 1 atom stereocenters. The van der Waals surface area contributed by atoms with Gasteiger partial charge in [0.15, 0.2) is 0 Å². The van der Waals surface area contributed by atoms with Crippen LogP contribution in [0.25, 0.3) is 21.8 Å². The SMILES string of the molecule is NC(Cc1c[nH]c2ccccc12)C(=O)NN=Cc1cccc2cccnc12. The van der Waals surface area contributed by atoms with E-state index < -0.39 is 6.04 Å². The van der Waals surface area contributed by atoms with Crippen LogP contribution in [0, 0.1) is 0 Å². The second kappa shape index (κ2) is 7.39. The van der Waals surface area contributed by atoms with E-state index in [1.165, 1.54) is 0 Å². The van der Waals surface area contributed by atoms with Crippen LogP contribution in [-0.2, 0) is 11.2 Å². The van der Waals surface area contributed by atoms with Crippen LogP contribution < -0.4 is 11.2 Å². The van der Waals surface area contributed by atoms with Gasteiger partial charge in [0.25, 0.3) is 5.91 Å². The number of rotatable bonds is 5. The molecule has 1 amide bonds. The summed E-state index contributed by atoms with van der Waals surface area (Å²) in [6.45, 7) is 0. The normalized spacial score (nSPS) is 12.6. The highest BCUT2D eigenvalue weighted by molar-refractivity contribution is 5.97. The van der Waals surface area contributed by atoms with Gasteiger partial charge in [-0.05, 0) is 24.1 Å². The molecule has 4 aromatic rings. The largest absolute Gasteiger partial charge is 0.361 e. The number of nitrogens with zero attached hydrogens (tertiary/aromatic N) is 2. The Kier molecular flexibility index (Phi) is 4.63. The maximum absolute atomic E-state index is 12.3. The molecule has 6 nitrogen and oxygen atoms in total. The molecule has 0 saturated heterocycles. The lowest BCUT2D eigenvalue weighted by Crippen LogP contribution is -2.39. The first-order chi connectivity index (χ1) is 13.2. The highest BCUT2D eigenvalue weighted by Crippen LogP contribution is 2.18. The molecule has 4 N–H and O–H groups in total. The second-order valence-electron chi connectivity index (χ2n) is 6.33. The fourth-order valence-electron chi connectivity index (χ4n) is 3.11. The predicted molar refractivity (Wildman–Crippen MR) is 107 cm³/mol. The van der Waals surface area contributed by atoms with Crippen molar-refractivity contribution in [3.63, 3.8) is 0 Å². The Morgan fingerprint density at radius 2 is 2.04 bits per heavy atom. The Morgan fingerprint density at radius 3 is 2.96 bits per heavy atom. The van der Waals surface area contributed by atoms with Crippen LogP contribution in [-0.4, -0.2) is 28.1 Å². The third-order valence-electron chi connectivity index (χ3n) is 4.49. The molecular weight excluding hydrogens is 338 g/mol. The molecule has 1 unspecified atom stereocenters. The van der Waals surface area contributed by atoms with E-state index in [1.54, 1.807) is 12.4 Å².